The van der Waals surface area contributed by atoms with Crippen LogP contribution in [0.15, 0.2) is 29.4 Å². The lowest BCUT2D eigenvalue weighted by molar-refractivity contribution is 0.122. The summed E-state index contributed by atoms with van der Waals surface area (Å²) in [5.41, 5.74) is 0.863. The minimum Gasteiger partial charge on any atom is -0.378 e. The van der Waals surface area contributed by atoms with Crippen molar-refractivity contribution in [2.24, 2.45) is 0 Å². The van der Waals surface area contributed by atoms with Crippen LogP contribution in [0.2, 0.25) is 5.15 Å². The lowest BCUT2D eigenvalue weighted by atomic mass is 10.2. The summed E-state index contributed by atoms with van der Waals surface area (Å²) in [4.78, 5) is 16.3. The first-order valence-electron chi connectivity index (χ1n) is 6.64. The zero-order valence-electron chi connectivity index (χ0n) is 11.6. The molecule has 0 radical (unpaired) electrons. The molecule has 3 heterocycles. The van der Waals surface area contributed by atoms with E-state index in [1.807, 2.05) is 18.4 Å². The number of aromatic nitrogens is 3. The molecule has 0 atom stereocenters. The Balaban J connectivity index is 2.06. The van der Waals surface area contributed by atoms with Gasteiger partial charge in [-0.05, 0) is 18.4 Å². The summed E-state index contributed by atoms with van der Waals surface area (Å²) in [5, 5.41) is 0.484. The molecule has 0 unspecified atom stereocenters. The smallest absolute Gasteiger partial charge is 0.164 e. The van der Waals surface area contributed by atoms with Crippen LogP contribution in [0.3, 0.4) is 0 Å². The maximum atomic E-state index is 6.35. The molecule has 0 spiro atoms. The number of anilines is 1. The fourth-order valence-electron chi connectivity index (χ4n) is 2.20. The third kappa shape index (κ3) is 3.12. The third-order valence-corrected chi connectivity index (χ3v) is 4.41. The molecular formula is C14H15ClN4OS. The van der Waals surface area contributed by atoms with Crippen LogP contribution in [0.25, 0.3) is 11.4 Å². The molecule has 0 aliphatic carbocycles. The average molecular weight is 323 g/mol. The lowest BCUT2D eigenvalue weighted by Gasteiger charge is -2.29. The van der Waals surface area contributed by atoms with E-state index in [0.29, 0.717) is 24.2 Å². The minimum absolute atomic E-state index is 0.484. The van der Waals surface area contributed by atoms with E-state index in [-0.39, 0.29) is 0 Å². The Hall–Kier alpha value is -1.37. The molecule has 3 rings (SSSR count). The first-order valence-corrected chi connectivity index (χ1v) is 8.24. The summed E-state index contributed by atoms with van der Waals surface area (Å²) >= 11 is 7.92. The van der Waals surface area contributed by atoms with Gasteiger partial charge in [0.05, 0.1) is 18.1 Å². The molecule has 1 aliphatic heterocycles. The molecule has 2 aromatic rings. The predicted octanol–water partition coefficient (Wildman–Crippen LogP) is 2.75. The zero-order chi connectivity index (χ0) is 14.7. The number of ether oxygens (including phenoxy) is 1. The number of halogens is 1. The number of morpholine rings is 1. The zero-order valence-corrected chi connectivity index (χ0v) is 13.2. The van der Waals surface area contributed by atoms with Gasteiger partial charge in [0.15, 0.2) is 5.82 Å². The first-order chi connectivity index (χ1) is 10.3. The van der Waals surface area contributed by atoms with Crippen molar-refractivity contribution in [2.75, 3.05) is 37.5 Å². The quantitative estimate of drug-likeness (QED) is 0.640. The van der Waals surface area contributed by atoms with Gasteiger partial charge >= 0.3 is 0 Å². The SMILES string of the molecule is CSc1c(Cl)nc(-c2cccnc2)nc1N1CCOCC1. The second kappa shape index (κ2) is 6.60. The minimum atomic E-state index is 0.484. The van der Waals surface area contributed by atoms with Crippen molar-refractivity contribution in [3.63, 3.8) is 0 Å². The average Bonchev–Trinajstić information content (AvgIpc) is 2.55. The van der Waals surface area contributed by atoms with Gasteiger partial charge in [-0.25, -0.2) is 9.97 Å². The molecule has 1 aliphatic rings. The maximum Gasteiger partial charge on any atom is 0.164 e. The summed E-state index contributed by atoms with van der Waals surface area (Å²) in [6.07, 6.45) is 5.45. The Kier molecular flexibility index (Phi) is 4.57. The molecule has 110 valence electrons. The van der Waals surface area contributed by atoms with Gasteiger partial charge in [-0.3, -0.25) is 4.98 Å². The third-order valence-electron chi connectivity index (χ3n) is 3.24. The summed E-state index contributed by atoms with van der Waals surface area (Å²) in [5.74, 6) is 1.48. The lowest BCUT2D eigenvalue weighted by Crippen LogP contribution is -2.37. The van der Waals surface area contributed by atoms with Gasteiger partial charge in [0, 0.05) is 31.0 Å². The molecule has 1 fully saturated rings. The highest BCUT2D eigenvalue weighted by atomic mass is 35.5. The van der Waals surface area contributed by atoms with Crippen molar-refractivity contribution in [2.45, 2.75) is 4.90 Å². The van der Waals surface area contributed by atoms with Crippen LogP contribution >= 0.6 is 23.4 Å². The van der Waals surface area contributed by atoms with Crippen LogP contribution < -0.4 is 4.90 Å². The molecule has 5 nitrogen and oxygen atoms in total. The van der Waals surface area contributed by atoms with E-state index in [4.69, 9.17) is 21.3 Å². The second-order valence-corrected chi connectivity index (χ2v) is 5.71. The van der Waals surface area contributed by atoms with Gasteiger partial charge in [0.1, 0.15) is 11.0 Å². The summed E-state index contributed by atoms with van der Waals surface area (Å²) in [7, 11) is 0. The van der Waals surface area contributed by atoms with Crippen molar-refractivity contribution in [3.8, 4) is 11.4 Å². The normalized spacial score (nSPS) is 15.2. The number of hydrogen-bond donors (Lipinski definition) is 0. The molecule has 1 saturated heterocycles. The van der Waals surface area contributed by atoms with E-state index in [2.05, 4.69) is 14.9 Å². The topological polar surface area (TPSA) is 51.1 Å². The molecule has 7 heteroatoms. The van der Waals surface area contributed by atoms with E-state index in [1.165, 1.54) is 0 Å². The van der Waals surface area contributed by atoms with Crippen LogP contribution in [-0.4, -0.2) is 47.5 Å². The van der Waals surface area contributed by atoms with Crippen molar-refractivity contribution < 1.29 is 4.74 Å². The first kappa shape index (κ1) is 14.6. The van der Waals surface area contributed by atoms with Gasteiger partial charge in [-0.1, -0.05) is 11.6 Å². The fourth-order valence-corrected chi connectivity index (χ4v) is 3.17. The predicted molar refractivity (Wildman–Crippen MR) is 85.1 cm³/mol. The number of thioether (sulfide) groups is 1. The Morgan fingerprint density at radius 3 is 2.76 bits per heavy atom. The van der Waals surface area contributed by atoms with Crippen LogP contribution in [-0.2, 0) is 4.74 Å². The number of pyridine rings is 1. The maximum absolute atomic E-state index is 6.35. The highest BCUT2D eigenvalue weighted by Crippen LogP contribution is 2.34. The van der Waals surface area contributed by atoms with E-state index >= 15 is 0 Å². The fraction of sp³-hybridized carbons (Fsp3) is 0.357. The molecule has 0 bridgehead atoms. The molecule has 2 aromatic heterocycles. The summed E-state index contributed by atoms with van der Waals surface area (Å²) in [6, 6.07) is 3.80. The van der Waals surface area contributed by atoms with E-state index in [1.54, 1.807) is 24.2 Å². The summed E-state index contributed by atoms with van der Waals surface area (Å²) in [6.45, 7) is 3.04. The van der Waals surface area contributed by atoms with Gasteiger partial charge in [0.25, 0.3) is 0 Å². The Morgan fingerprint density at radius 1 is 1.29 bits per heavy atom. The van der Waals surface area contributed by atoms with E-state index < -0.39 is 0 Å². The molecule has 0 N–H and O–H groups in total. The number of rotatable bonds is 3. The van der Waals surface area contributed by atoms with E-state index in [0.717, 1.165) is 29.4 Å². The molecule has 21 heavy (non-hydrogen) atoms. The number of nitrogens with zero attached hydrogens (tertiary/aromatic N) is 4. The number of hydrogen-bond acceptors (Lipinski definition) is 6. The van der Waals surface area contributed by atoms with Crippen LogP contribution in [0, 0.1) is 0 Å². The molecule has 0 amide bonds. The Bertz CT molecular complexity index is 620. The standard InChI is InChI=1S/C14H15ClN4OS/c1-21-11-12(15)17-13(10-3-2-4-16-9-10)18-14(11)19-5-7-20-8-6-19/h2-4,9H,5-8H2,1H3. The van der Waals surface area contributed by atoms with Crippen molar-refractivity contribution >= 4 is 29.2 Å². The van der Waals surface area contributed by atoms with Gasteiger partial charge in [0.2, 0.25) is 0 Å². The monoisotopic (exact) mass is 322 g/mol. The largest absolute Gasteiger partial charge is 0.378 e. The highest BCUT2D eigenvalue weighted by molar-refractivity contribution is 7.98. The van der Waals surface area contributed by atoms with Crippen molar-refractivity contribution in [1.29, 1.82) is 0 Å². The Labute approximate surface area is 132 Å². The second-order valence-electron chi connectivity index (χ2n) is 4.54. The highest BCUT2D eigenvalue weighted by Gasteiger charge is 2.20. The van der Waals surface area contributed by atoms with Crippen molar-refractivity contribution in [3.05, 3.63) is 29.7 Å². The van der Waals surface area contributed by atoms with Crippen molar-refractivity contribution in [1.82, 2.24) is 15.0 Å². The van der Waals surface area contributed by atoms with Crippen LogP contribution in [0.4, 0.5) is 5.82 Å². The molecule has 0 saturated carbocycles. The summed E-state index contributed by atoms with van der Waals surface area (Å²) < 4.78 is 5.40. The van der Waals surface area contributed by atoms with E-state index in [9.17, 15) is 0 Å². The van der Waals surface area contributed by atoms with Crippen LogP contribution in [0.5, 0.6) is 0 Å². The van der Waals surface area contributed by atoms with Gasteiger partial charge in [-0.15, -0.1) is 11.8 Å². The van der Waals surface area contributed by atoms with Gasteiger partial charge < -0.3 is 9.64 Å². The molecule has 0 aromatic carbocycles. The Morgan fingerprint density at radius 2 is 2.10 bits per heavy atom. The van der Waals surface area contributed by atoms with Crippen LogP contribution in [0.1, 0.15) is 0 Å². The molecular weight excluding hydrogens is 308 g/mol. The van der Waals surface area contributed by atoms with Gasteiger partial charge in [-0.2, -0.15) is 0 Å².